The van der Waals surface area contributed by atoms with Crippen LogP contribution in [0.15, 0.2) is 26.5 Å². The Labute approximate surface area is 81.3 Å². The van der Waals surface area contributed by atoms with Gasteiger partial charge in [-0.05, 0) is 27.4 Å². The van der Waals surface area contributed by atoms with Crippen LogP contribution in [-0.4, -0.2) is 5.16 Å². The second kappa shape index (κ2) is 2.91. The number of thiophene rings is 1. The number of hydrogen-bond donors (Lipinski definition) is 1. The molecule has 0 fully saturated rings. The molecular formula is C7H5BrN2OS. The zero-order valence-corrected chi connectivity index (χ0v) is 8.35. The van der Waals surface area contributed by atoms with Crippen molar-refractivity contribution in [1.29, 1.82) is 0 Å². The summed E-state index contributed by atoms with van der Waals surface area (Å²) in [6.07, 6.45) is 0. The maximum absolute atomic E-state index is 5.50. The highest BCUT2D eigenvalue weighted by molar-refractivity contribution is 9.10. The highest BCUT2D eigenvalue weighted by Gasteiger charge is 2.12. The van der Waals surface area contributed by atoms with Crippen molar-refractivity contribution in [3.05, 3.63) is 22.0 Å². The van der Waals surface area contributed by atoms with E-state index < -0.39 is 0 Å². The summed E-state index contributed by atoms with van der Waals surface area (Å²) >= 11 is 4.88. The summed E-state index contributed by atoms with van der Waals surface area (Å²) in [5, 5.41) is 5.61. The number of halogens is 1. The number of nitrogens with two attached hydrogens (primary N) is 1. The highest BCUT2D eigenvalue weighted by atomic mass is 79.9. The molecule has 2 aromatic rings. The quantitative estimate of drug-likeness (QED) is 0.840. The molecule has 0 bridgehead atoms. The summed E-state index contributed by atoms with van der Waals surface area (Å²) in [7, 11) is 0. The molecule has 2 rings (SSSR count). The lowest BCUT2D eigenvalue weighted by Gasteiger charge is -1.87. The molecule has 0 aliphatic rings. The third-order valence-electron chi connectivity index (χ3n) is 1.40. The Kier molecular flexibility index (Phi) is 1.90. The van der Waals surface area contributed by atoms with E-state index in [1.54, 1.807) is 11.3 Å². The molecule has 0 amide bonds. The van der Waals surface area contributed by atoms with Crippen LogP contribution in [0.3, 0.4) is 0 Å². The average molecular weight is 245 g/mol. The van der Waals surface area contributed by atoms with Crippen molar-refractivity contribution in [1.82, 2.24) is 5.16 Å². The Balaban J connectivity index is 2.55. The minimum absolute atomic E-state index is 0.387. The minimum Gasteiger partial charge on any atom is -0.380 e. The lowest BCUT2D eigenvalue weighted by molar-refractivity contribution is 0.436. The van der Waals surface area contributed by atoms with E-state index in [1.165, 1.54) is 0 Å². The van der Waals surface area contributed by atoms with Crippen LogP contribution in [0.25, 0.3) is 10.6 Å². The van der Waals surface area contributed by atoms with Gasteiger partial charge in [-0.1, -0.05) is 11.2 Å². The van der Waals surface area contributed by atoms with E-state index in [0.717, 1.165) is 9.35 Å². The zero-order valence-electron chi connectivity index (χ0n) is 5.95. The summed E-state index contributed by atoms with van der Waals surface area (Å²) in [6.45, 7) is 0. The number of rotatable bonds is 1. The summed E-state index contributed by atoms with van der Waals surface area (Å²) in [5.41, 5.74) is 5.50. The van der Waals surface area contributed by atoms with Crippen molar-refractivity contribution in [2.24, 2.45) is 0 Å². The predicted molar refractivity (Wildman–Crippen MR) is 51.9 cm³/mol. The second-order valence-electron chi connectivity index (χ2n) is 2.19. The van der Waals surface area contributed by atoms with Gasteiger partial charge in [0.2, 0.25) is 0 Å². The van der Waals surface area contributed by atoms with Gasteiger partial charge in [-0.25, -0.2) is 0 Å². The Morgan fingerprint density at radius 2 is 2.42 bits per heavy atom. The van der Waals surface area contributed by atoms with Crippen LogP contribution >= 0.6 is 27.3 Å². The highest BCUT2D eigenvalue weighted by Crippen LogP contribution is 2.34. The smallest absolute Gasteiger partial charge is 0.193 e. The van der Waals surface area contributed by atoms with Crippen molar-refractivity contribution in [3.8, 4) is 10.6 Å². The normalized spacial score (nSPS) is 10.4. The van der Waals surface area contributed by atoms with Crippen molar-refractivity contribution in [2.45, 2.75) is 0 Å². The molecule has 0 aliphatic heterocycles. The molecule has 2 heterocycles. The molecular weight excluding hydrogens is 240 g/mol. The van der Waals surface area contributed by atoms with E-state index >= 15 is 0 Å². The maximum Gasteiger partial charge on any atom is 0.193 e. The third kappa shape index (κ3) is 1.15. The molecule has 0 atom stereocenters. The van der Waals surface area contributed by atoms with E-state index in [9.17, 15) is 0 Å². The number of nitrogen functional groups attached to an aromatic ring is 1. The third-order valence-corrected chi connectivity index (χ3v) is 3.04. The van der Waals surface area contributed by atoms with E-state index in [4.69, 9.17) is 10.3 Å². The van der Waals surface area contributed by atoms with Gasteiger partial charge in [0, 0.05) is 0 Å². The van der Waals surface area contributed by atoms with Gasteiger partial charge < -0.3 is 10.3 Å². The first-order valence-electron chi connectivity index (χ1n) is 3.23. The molecule has 0 saturated carbocycles. The molecule has 5 heteroatoms. The van der Waals surface area contributed by atoms with Gasteiger partial charge in [-0.15, -0.1) is 11.3 Å². The molecule has 3 nitrogen and oxygen atoms in total. The van der Waals surface area contributed by atoms with Crippen LogP contribution in [0.4, 0.5) is 5.82 Å². The number of aromatic nitrogens is 1. The first-order valence-corrected chi connectivity index (χ1v) is 4.91. The molecule has 0 unspecified atom stereocenters. The van der Waals surface area contributed by atoms with E-state index in [2.05, 4.69) is 21.1 Å². The molecule has 2 N–H and O–H groups in total. The Hall–Kier alpha value is -0.810. The van der Waals surface area contributed by atoms with Gasteiger partial charge in [0.1, 0.15) is 4.47 Å². The maximum atomic E-state index is 5.50. The van der Waals surface area contributed by atoms with Gasteiger partial charge in [-0.3, -0.25) is 0 Å². The molecule has 0 saturated heterocycles. The van der Waals surface area contributed by atoms with Crippen LogP contribution in [-0.2, 0) is 0 Å². The van der Waals surface area contributed by atoms with Crippen molar-refractivity contribution in [3.63, 3.8) is 0 Å². The number of anilines is 1. The predicted octanol–water partition coefficient (Wildman–Crippen LogP) is 2.75. The van der Waals surface area contributed by atoms with Crippen LogP contribution in [0.1, 0.15) is 0 Å². The molecule has 0 radical (unpaired) electrons. The van der Waals surface area contributed by atoms with E-state index in [1.807, 2.05) is 17.5 Å². The zero-order chi connectivity index (χ0) is 8.55. The van der Waals surface area contributed by atoms with Gasteiger partial charge in [0.05, 0.1) is 4.88 Å². The van der Waals surface area contributed by atoms with Crippen molar-refractivity contribution in [2.75, 3.05) is 5.73 Å². The monoisotopic (exact) mass is 244 g/mol. The van der Waals surface area contributed by atoms with Crippen molar-refractivity contribution >= 4 is 33.1 Å². The first kappa shape index (κ1) is 7.82. The fourth-order valence-electron chi connectivity index (χ4n) is 0.852. The molecule has 2 aromatic heterocycles. The van der Waals surface area contributed by atoms with Crippen LogP contribution in [0.2, 0.25) is 0 Å². The van der Waals surface area contributed by atoms with E-state index in [-0.39, 0.29) is 0 Å². The topological polar surface area (TPSA) is 52.0 Å². The van der Waals surface area contributed by atoms with Crippen molar-refractivity contribution < 1.29 is 4.52 Å². The summed E-state index contributed by atoms with van der Waals surface area (Å²) in [4.78, 5) is 1.02. The molecule has 0 spiro atoms. The number of nitrogens with zero attached hydrogens (tertiary/aromatic N) is 1. The first-order chi connectivity index (χ1) is 5.79. The Morgan fingerprint density at radius 1 is 1.58 bits per heavy atom. The SMILES string of the molecule is Nc1noc(-c2cccs2)c1Br. The molecule has 0 aliphatic carbocycles. The lowest BCUT2D eigenvalue weighted by Crippen LogP contribution is -1.82. The largest absolute Gasteiger partial charge is 0.380 e. The van der Waals surface area contributed by atoms with Gasteiger partial charge in [-0.2, -0.15) is 0 Å². The van der Waals surface area contributed by atoms with Crippen LogP contribution in [0, 0.1) is 0 Å². The summed E-state index contributed by atoms with van der Waals surface area (Å²) in [6, 6.07) is 3.90. The molecule has 12 heavy (non-hydrogen) atoms. The van der Waals surface area contributed by atoms with Crippen LogP contribution in [0.5, 0.6) is 0 Å². The minimum atomic E-state index is 0.387. The fraction of sp³-hybridized carbons (Fsp3) is 0. The second-order valence-corrected chi connectivity index (χ2v) is 3.93. The Bertz CT molecular complexity index is 382. The standard InChI is InChI=1S/C7H5BrN2OS/c8-5-6(11-10-7(5)9)4-2-1-3-12-4/h1-3H,(H2,9,10). The number of hydrogen-bond acceptors (Lipinski definition) is 4. The van der Waals surface area contributed by atoms with E-state index in [0.29, 0.717) is 11.6 Å². The fourth-order valence-corrected chi connectivity index (χ4v) is 2.05. The van der Waals surface area contributed by atoms with Gasteiger partial charge >= 0.3 is 0 Å². The molecule has 62 valence electrons. The Morgan fingerprint density at radius 3 is 2.92 bits per heavy atom. The van der Waals surface area contributed by atoms with Gasteiger partial charge in [0.25, 0.3) is 0 Å². The van der Waals surface area contributed by atoms with Gasteiger partial charge in [0.15, 0.2) is 11.6 Å². The summed E-state index contributed by atoms with van der Waals surface area (Å²) in [5.74, 6) is 1.08. The lowest BCUT2D eigenvalue weighted by atomic mass is 10.4. The molecule has 0 aromatic carbocycles. The summed E-state index contributed by atoms with van der Waals surface area (Å²) < 4.78 is 5.75. The average Bonchev–Trinajstić information content (AvgIpc) is 2.64. The van der Waals surface area contributed by atoms with Crippen LogP contribution < -0.4 is 5.73 Å².